The maximum absolute atomic E-state index is 15.4. The molecule has 1 saturated heterocycles. The number of allylic oxidation sites excluding steroid dienone is 1. The lowest BCUT2D eigenvalue weighted by Gasteiger charge is -2.23. The summed E-state index contributed by atoms with van der Waals surface area (Å²) in [5.74, 6) is -0.490. The van der Waals surface area contributed by atoms with Gasteiger partial charge in [0.25, 0.3) is 0 Å². The lowest BCUT2D eigenvalue weighted by molar-refractivity contribution is -0.122. The Labute approximate surface area is 276 Å². The number of hydrogen-bond acceptors (Lipinski definition) is 6. The van der Waals surface area contributed by atoms with Gasteiger partial charge in [0.1, 0.15) is 12.2 Å². The van der Waals surface area contributed by atoms with E-state index >= 15 is 4.39 Å². The summed E-state index contributed by atoms with van der Waals surface area (Å²) < 4.78 is 76.5. The standard InChI is InChI=1S/C36H38F4N4O4/c1-34(2,3)48-33(45)42-35(16-17-35)22-47-29-15-13-25(21-41-29)31(27(20-36(38,39)40)23-9-5-4-6-10-23)24-12-14-28-26(19-24)32(37)43-44(28)30-11-7-8-18-46-30/h4-6,9-10,12-15,19,21,30H,7-8,11,16-18,20,22H2,1-3H3,(H,42,45). The van der Waals surface area contributed by atoms with Crippen LogP contribution in [-0.4, -0.2) is 51.4 Å². The fourth-order valence-electron chi connectivity index (χ4n) is 5.89. The number of carbonyl (C=O) groups excluding carboxylic acids is 1. The predicted octanol–water partition coefficient (Wildman–Crippen LogP) is 8.62. The minimum absolute atomic E-state index is 0.0137. The van der Waals surface area contributed by atoms with Gasteiger partial charge in [0.05, 0.1) is 22.9 Å². The van der Waals surface area contributed by atoms with Gasteiger partial charge in [0, 0.05) is 24.4 Å². The van der Waals surface area contributed by atoms with E-state index in [1.807, 2.05) is 0 Å². The van der Waals surface area contributed by atoms with Crippen LogP contribution in [0, 0.1) is 5.95 Å². The van der Waals surface area contributed by atoms with Crippen LogP contribution in [0.2, 0.25) is 0 Å². The fraction of sp³-hybridized carbons (Fsp3) is 0.417. The molecule has 0 spiro atoms. The van der Waals surface area contributed by atoms with E-state index in [9.17, 15) is 18.0 Å². The molecule has 2 aromatic heterocycles. The third-order valence-electron chi connectivity index (χ3n) is 8.32. The summed E-state index contributed by atoms with van der Waals surface area (Å²) in [5, 5.41) is 7.16. The summed E-state index contributed by atoms with van der Waals surface area (Å²) in [7, 11) is 0. The van der Waals surface area contributed by atoms with Crippen molar-refractivity contribution in [1.29, 1.82) is 0 Å². The highest BCUT2D eigenvalue weighted by molar-refractivity contribution is 6.00. The fourth-order valence-corrected chi connectivity index (χ4v) is 5.89. The Morgan fingerprint density at radius 3 is 2.40 bits per heavy atom. The van der Waals surface area contributed by atoms with Gasteiger partial charge >= 0.3 is 12.3 Å². The number of carbonyl (C=O) groups is 1. The van der Waals surface area contributed by atoms with Gasteiger partial charge in [0.15, 0.2) is 6.23 Å². The highest BCUT2D eigenvalue weighted by atomic mass is 19.4. The van der Waals surface area contributed by atoms with Crippen molar-refractivity contribution in [2.24, 2.45) is 0 Å². The molecule has 4 aromatic rings. The molecule has 6 rings (SSSR count). The van der Waals surface area contributed by atoms with Crippen LogP contribution < -0.4 is 10.1 Å². The Morgan fingerprint density at radius 2 is 1.77 bits per heavy atom. The zero-order chi connectivity index (χ0) is 34.1. The number of halogens is 4. The van der Waals surface area contributed by atoms with E-state index in [1.54, 1.807) is 75.4 Å². The molecule has 3 heterocycles. The van der Waals surface area contributed by atoms with Crippen LogP contribution in [-0.2, 0) is 9.47 Å². The molecule has 1 aliphatic carbocycles. The number of aromatic nitrogens is 3. The molecular weight excluding hydrogens is 628 g/mol. The van der Waals surface area contributed by atoms with Crippen molar-refractivity contribution in [3.8, 4) is 5.88 Å². The third kappa shape index (κ3) is 7.98. The van der Waals surface area contributed by atoms with Crippen LogP contribution in [0.3, 0.4) is 0 Å². The number of pyridine rings is 1. The number of nitrogens with one attached hydrogen (secondary N) is 1. The number of ether oxygens (including phenoxy) is 3. The summed E-state index contributed by atoms with van der Waals surface area (Å²) in [6.45, 7) is 6.04. The molecule has 254 valence electrons. The maximum Gasteiger partial charge on any atom is 0.408 e. The smallest absolute Gasteiger partial charge is 0.408 e. The summed E-state index contributed by atoms with van der Waals surface area (Å²) in [4.78, 5) is 16.7. The quantitative estimate of drug-likeness (QED) is 0.142. The monoisotopic (exact) mass is 666 g/mol. The number of hydrogen-bond donors (Lipinski definition) is 1. The van der Waals surface area contributed by atoms with Crippen molar-refractivity contribution < 1.29 is 36.6 Å². The highest BCUT2D eigenvalue weighted by Crippen LogP contribution is 2.41. The number of fused-ring (bicyclic) bond motifs is 1. The van der Waals surface area contributed by atoms with E-state index in [4.69, 9.17) is 14.2 Å². The van der Waals surface area contributed by atoms with Crippen molar-refractivity contribution in [1.82, 2.24) is 20.1 Å². The normalized spacial score (nSPS) is 18.3. The predicted molar refractivity (Wildman–Crippen MR) is 173 cm³/mol. The van der Waals surface area contributed by atoms with E-state index in [0.29, 0.717) is 48.1 Å². The molecule has 1 aliphatic heterocycles. The Morgan fingerprint density at radius 1 is 1.02 bits per heavy atom. The van der Waals surface area contributed by atoms with Crippen LogP contribution in [0.1, 0.15) is 82.2 Å². The highest BCUT2D eigenvalue weighted by Gasteiger charge is 2.46. The van der Waals surface area contributed by atoms with E-state index < -0.39 is 42.0 Å². The first-order valence-corrected chi connectivity index (χ1v) is 16.0. The largest absolute Gasteiger partial charge is 0.475 e. The first-order chi connectivity index (χ1) is 22.8. The lowest BCUT2D eigenvalue weighted by Crippen LogP contribution is -2.44. The van der Waals surface area contributed by atoms with Crippen LogP contribution in [0.4, 0.5) is 22.4 Å². The molecule has 2 aliphatic rings. The molecule has 2 aromatic carbocycles. The maximum atomic E-state index is 15.4. The summed E-state index contributed by atoms with van der Waals surface area (Å²) in [5.41, 5.74) is 0.688. The Hall–Kier alpha value is -4.45. The molecule has 12 heteroatoms. The van der Waals surface area contributed by atoms with Gasteiger partial charge in [0.2, 0.25) is 11.8 Å². The van der Waals surface area contributed by atoms with E-state index in [-0.39, 0.29) is 29.0 Å². The molecule has 1 atom stereocenters. The molecule has 0 bridgehead atoms. The van der Waals surface area contributed by atoms with E-state index in [2.05, 4.69) is 15.4 Å². The topological polar surface area (TPSA) is 87.5 Å². The van der Waals surface area contributed by atoms with Crippen LogP contribution in [0.25, 0.3) is 22.0 Å². The summed E-state index contributed by atoms with van der Waals surface area (Å²) in [6, 6.07) is 16.4. The first kappa shape index (κ1) is 33.5. The average Bonchev–Trinajstić information content (AvgIpc) is 3.72. The molecule has 2 fully saturated rings. The molecule has 1 N–H and O–H groups in total. The first-order valence-electron chi connectivity index (χ1n) is 16.0. The van der Waals surface area contributed by atoms with E-state index in [0.717, 1.165) is 12.8 Å². The van der Waals surface area contributed by atoms with Crippen molar-refractivity contribution in [2.75, 3.05) is 13.2 Å². The van der Waals surface area contributed by atoms with Gasteiger partial charge < -0.3 is 19.5 Å². The van der Waals surface area contributed by atoms with Gasteiger partial charge in [-0.15, -0.1) is 5.10 Å². The number of amides is 1. The van der Waals surface area contributed by atoms with Crippen molar-refractivity contribution >= 4 is 28.1 Å². The van der Waals surface area contributed by atoms with Gasteiger partial charge in [-0.1, -0.05) is 36.4 Å². The summed E-state index contributed by atoms with van der Waals surface area (Å²) in [6.07, 6.45) is -1.33. The SMILES string of the molecule is CC(C)(C)OC(=O)NC1(COc2ccc(C(=C(CC(F)(F)F)c3ccccc3)c3ccc4c(c3)c(F)nn4C3CCCCO3)cn2)CC1. The van der Waals surface area contributed by atoms with E-state index in [1.165, 1.54) is 16.9 Å². The Kier molecular flexibility index (Phi) is 9.21. The summed E-state index contributed by atoms with van der Waals surface area (Å²) >= 11 is 0. The third-order valence-corrected chi connectivity index (χ3v) is 8.32. The van der Waals surface area contributed by atoms with Gasteiger partial charge in [-0.05, 0) is 93.3 Å². The molecule has 1 unspecified atom stereocenters. The molecule has 1 amide bonds. The molecule has 0 radical (unpaired) electrons. The molecular formula is C36H38F4N4O4. The van der Waals surface area contributed by atoms with Crippen LogP contribution in [0.5, 0.6) is 5.88 Å². The van der Waals surface area contributed by atoms with Crippen molar-refractivity contribution in [3.05, 3.63) is 89.5 Å². The second kappa shape index (κ2) is 13.2. The second-order valence-corrected chi connectivity index (χ2v) is 13.4. The number of alkyl halides is 3. The molecule has 1 saturated carbocycles. The number of benzene rings is 2. The lowest BCUT2D eigenvalue weighted by atomic mass is 9.88. The van der Waals surface area contributed by atoms with Crippen LogP contribution in [0.15, 0.2) is 66.9 Å². The number of alkyl carbamates (subject to hydrolysis) is 1. The zero-order valence-electron chi connectivity index (χ0n) is 27.1. The van der Waals surface area contributed by atoms with Crippen molar-refractivity contribution in [2.45, 2.75) is 82.8 Å². The Bertz CT molecular complexity index is 1790. The number of rotatable bonds is 9. The van der Waals surface area contributed by atoms with Crippen molar-refractivity contribution in [3.63, 3.8) is 0 Å². The van der Waals surface area contributed by atoms with Gasteiger partial charge in [-0.2, -0.15) is 17.6 Å². The second-order valence-electron chi connectivity index (χ2n) is 13.4. The molecule has 8 nitrogen and oxygen atoms in total. The van der Waals surface area contributed by atoms with Gasteiger partial charge in [-0.25, -0.2) is 14.5 Å². The minimum atomic E-state index is -4.54. The zero-order valence-corrected chi connectivity index (χ0v) is 27.1. The van der Waals surface area contributed by atoms with Crippen LogP contribution >= 0.6 is 0 Å². The Balaban J connectivity index is 1.36. The van der Waals surface area contributed by atoms with Gasteiger partial charge in [-0.3, -0.25) is 0 Å². The average molecular weight is 667 g/mol. The minimum Gasteiger partial charge on any atom is -0.475 e. The number of nitrogens with zero attached hydrogens (tertiary/aromatic N) is 3. The molecule has 48 heavy (non-hydrogen) atoms.